The number of hydrogen-bond donors (Lipinski definition) is 1. The van der Waals surface area contributed by atoms with E-state index in [9.17, 15) is 0 Å². The molecule has 0 aliphatic carbocycles. The normalized spacial score (nSPS) is 9.90. The highest BCUT2D eigenvalue weighted by atomic mass is 32.1. The van der Waals surface area contributed by atoms with Crippen molar-refractivity contribution >= 4 is 23.5 Å². The molecule has 0 aliphatic heterocycles. The second-order valence-electron chi connectivity index (χ2n) is 1.73. The van der Waals surface area contributed by atoms with Gasteiger partial charge in [-0.2, -0.15) is 5.10 Å². The molecule has 0 unspecified atom stereocenters. The predicted molar refractivity (Wildman–Crippen MR) is 48.2 cm³/mol. The fraction of sp³-hybridized carbons (Fsp3) is 0.667. The summed E-state index contributed by atoms with van der Waals surface area (Å²) in [5.41, 5.74) is 0. The zero-order valence-corrected chi connectivity index (χ0v) is 7.40. The van der Waals surface area contributed by atoms with Gasteiger partial charge in [-0.1, -0.05) is 0 Å². The zero-order valence-electron chi connectivity index (χ0n) is 6.59. The molecule has 0 fully saturated rings. The molecule has 4 heteroatoms. The lowest BCUT2D eigenvalue weighted by Gasteiger charge is -2.13. The summed E-state index contributed by atoms with van der Waals surface area (Å²) in [5.74, 6) is 0. The van der Waals surface area contributed by atoms with Crippen LogP contribution in [0.1, 0.15) is 13.8 Å². The first-order chi connectivity index (χ1) is 4.72. The Morgan fingerprint density at radius 2 is 2.40 bits per heavy atom. The van der Waals surface area contributed by atoms with Crippen molar-refractivity contribution < 1.29 is 0 Å². The molecule has 58 valence electrons. The molecule has 0 radical (unpaired) electrons. The molecular weight excluding hydrogens is 146 g/mol. The smallest absolute Gasteiger partial charge is 0.189 e. The molecule has 1 N–H and O–H groups in total. The van der Waals surface area contributed by atoms with Gasteiger partial charge in [0.25, 0.3) is 0 Å². The van der Waals surface area contributed by atoms with Crippen molar-refractivity contribution in [1.82, 2.24) is 10.3 Å². The lowest BCUT2D eigenvalue weighted by atomic mass is 10.7. The van der Waals surface area contributed by atoms with Crippen LogP contribution in [0.5, 0.6) is 0 Å². The Bertz CT molecular complexity index is 133. The van der Waals surface area contributed by atoms with Crippen molar-refractivity contribution in [1.29, 1.82) is 0 Å². The van der Waals surface area contributed by atoms with Crippen molar-refractivity contribution in [3.63, 3.8) is 0 Å². The van der Waals surface area contributed by atoms with Crippen LogP contribution in [0.15, 0.2) is 5.10 Å². The van der Waals surface area contributed by atoms with E-state index in [-0.39, 0.29) is 0 Å². The molecule has 0 heterocycles. The van der Waals surface area contributed by atoms with Gasteiger partial charge in [0.1, 0.15) is 0 Å². The summed E-state index contributed by atoms with van der Waals surface area (Å²) in [5, 5.41) is 9.20. The third-order valence-electron chi connectivity index (χ3n) is 0.911. The minimum Gasteiger partial charge on any atom is -0.361 e. The first-order valence-corrected chi connectivity index (χ1v) is 3.63. The molecular formula is C6H13N3S. The highest BCUT2D eigenvalue weighted by Crippen LogP contribution is 1.83. The summed E-state index contributed by atoms with van der Waals surface area (Å²) in [6, 6.07) is 0. The molecule has 0 bridgehead atoms. The molecule has 3 nitrogen and oxygen atoms in total. The van der Waals surface area contributed by atoms with E-state index in [1.165, 1.54) is 0 Å². The summed E-state index contributed by atoms with van der Waals surface area (Å²) in [4.78, 5) is 0. The topological polar surface area (TPSA) is 27.6 Å². The van der Waals surface area contributed by atoms with Crippen LogP contribution in [0.2, 0.25) is 0 Å². The lowest BCUT2D eigenvalue weighted by Crippen LogP contribution is -2.33. The van der Waals surface area contributed by atoms with E-state index >= 15 is 0 Å². The molecule has 0 rings (SSSR count). The molecule has 0 atom stereocenters. The van der Waals surface area contributed by atoms with E-state index in [2.05, 4.69) is 10.4 Å². The maximum absolute atomic E-state index is 4.94. The van der Waals surface area contributed by atoms with Crippen molar-refractivity contribution in [3.05, 3.63) is 0 Å². The number of thiocarbonyl (C=S) groups is 1. The molecule has 0 aromatic heterocycles. The number of nitrogens with zero attached hydrogens (tertiary/aromatic N) is 2. The quantitative estimate of drug-likeness (QED) is 0.367. The summed E-state index contributed by atoms with van der Waals surface area (Å²) >= 11 is 4.94. The molecule has 0 saturated carbocycles. The lowest BCUT2D eigenvalue weighted by molar-refractivity contribution is 0.534. The Hall–Kier alpha value is -0.640. The monoisotopic (exact) mass is 159 g/mol. The van der Waals surface area contributed by atoms with E-state index < -0.39 is 0 Å². The van der Waals surface area contributed by atoms with Crippen LogP contribution in [0.3, 0.4) is 0 Å². The van der Waals surface area contributed by atoms with E-state index in [0.717, 1.165) is 6.54 Å². The van der Waals surface area contributed by atoms with E-state index in [1.807, 2.05) is 20.9 Å². The largest absolute Gasteiger partial charge is 0.361 e. The Labute approximate surface area is 67.1 Å². The minimum atomic E-state index is 0.653. The number of hydrazone groups is 1. The maximum atomic E-state index is 4.94. The summed E-state index contributed by atoms with van der Waals surface area (Å²) in [6.45, 7) is 4.68. The van der Waals surface area contributed by atoms with Crippen LogP contribution in [-0.2, 0) is 0 Å². The van der Waals surface area contributed by atoms with Crippen LogP contribution < -0.4 is 5.32 Å². The van der Waals surface area contributed by atoms with Crippen LogP contribution in [0.25, 0.3) is 0 Å². The molecule has 10 heavy (non-hydrogen) atoms. The standard InChI is InChI=1S/C6H13N3S/c1-4-7-6(10)9(3)8-5-2/h5H,4H2,1-3H3,(H,7,10)/b8-5-. The highest BCUT2D eigenvalue weighted by molar-refractivity contribution is 7.80. The van der Waals surface area contributed by atoms with Crippen molar-refractivity contribution in [2.75, 3.05) is 13.6 Å². The molecule has 0 amide bonds. The van der Waals surface area contributed by atoms with Crippen LogP contribution in [0, 0.1) is 0 Å². The molecule has 0 aromatic rings. The number of nitrogens with one attached hydrogen (secondary N) is 1. The molecule has 0 aliphatic rings. The van der Waals surface area contributed by atoms with Crippen LogP contribution >= 0.6 is 12.2 Å². The molecule has 0 saturated heterocycles. The Kier molecular flexibility index (Phi) is 4.84. The highest BCUT2D eigenvalue weighted by Gasteiger charge is 1.96. The fourth-order valence-corrected chi connectivity index (χ4v) is 0.683. The molecule has 0 spiro atoms. The van der Waals surface area contributed by atoms with E-state index in [4.69, 9.17) is 12.2 Å². The maximum Gasteiger partial charge on any atom is 0.189 e. The third kappa shape index (κ3) is 3.40. The Morgan fingerprint density at radius 1 is 1.80 bits per heavy atom. The number of rotatable bonds is 2. The number of hydrogen-bond acceptors (Lipinski definition) is 2. The third-order valence-corrected chi connectivity index (χ3v) is 1.32. The first kappa shape index (κ1) is 9.36. The van der Waals surface area contributed by atoms with Gasteiger partial charge < -0.3 is 5.32 Å². The zero-order chi connectivity index (χ0) is 7.98. The predicted octanol–water partition coefficient (Wildman–Crippen LogP) is 0.818. The first-order valence-electron chi connectivity index (χ1n) is 3.22. The van der Waals surface area contributed by atoms with Gasteiger partial charge in [-0.15, -0.1) is 0 Å². The summed E-state index contributed by atoms with van der Waals surface area (Å²) < 4.78 is 0. The van der Waals surface area contributed by atoms with Gasteiger partial charge in [0.15, 0.2) is 5.11 Å². The average Bonchev–Trinajstić information content (AvgIpc) is 1.89. The van der Waals surface area contributed by atoms with Gasteiger partial charge in [-0.3, -0.25) is 0 Å². The van der Waals surface area contributed by atoms with Gasteiger partial charge in [0.2, 0.25) is 0 Å². The van der Waals surface area contributed by atoms with Gasteiger partial charge >= 0.3 is 0 Å². The second-order valence-corrected chi connectivity index (χ2v) is 2.12. The van der Waals surface area contributed by atoms with Crippen molar-refractivity contribution in [2.24, 2.45) is 5.10 Å². The minimum absolute atomic E-state index is 0.653. The van der Waals surface area contributed by atoms with E-state index in [0.29, 0.717) is 5.11 Å². The average molecular weight is 159 g/mol. The Morgan fingerprint density at radius 3 is 2.80 bits per heavy atom. The fourth-order valence-electron chi connectivity index (χ4n) is 0.491. The van der Waals surface area contributed by atoms with E-state index in [1.54, 1.807) is 11.2 Å². The molecule has 0 aromatic carbocycles. The van der Waals surface area contributed by atoms with Gasteiger partial charge in [-0.05, 0) is 26.1 Å². The van der Waals surface area contributed by atoms with Gasteiger partial charge in [0, 0.05) is 19.8 Å². The van der Waals surface area contributed by atoms with Crippen LogP contribution in [-0.4, -0.2) is 29.9 Å². The van der Waals surface area contributed by atoms with Crippen LogP contribution in [0.4, 0.5) is 0 Å². The SMILES string of the molecule is C/C=N\N(C)C(=S)NCC. The summed E-state index contributed by atoms with van der Waals surface area (Å²) in [6.07, 6.45) is 1.70. The van der Waals surface area contributed by atoms with Crippen molar-refractivity contribution in [2.45, 2.75) is 13.8 Å². The van der Waals surface area contributed by atoms with Gasteiger partial charge in [0.05, 0.1) is 0 Å². The second kappa shape index (κ2) is 5.17. The summed E-state index contributed by atoms with van der Waals surface area (Å²) in [7, 11) is 1.81. The van der Waals surface area contributed by atoms with Gasteiger partial charge in [-0.25, -0.2) is 5.01 Å². The van der Waals surface area contributed by atoms with Crippen molar-refractivity contribution in [3.8, 4) is 0 Å². The Balaban J connectivity index is 3.70.